The Morgan fingerprint density at radius 1 is 1.42 bits per heavy atom. The van der Waals surface area contributed by atoms with Crippen molar-refractivity contribution in [1.82, 2.24) is 0 Å². The van der Waals surface area contributed by atoms with Crippen LogP contribution in [-0.4, -0.2) is 28.7 Å². The summed E-state index contributed by atoms with van der Waals surface area (Å²) in [5.74, 6) is -0.328. The van der Waals surface area contributed by atoms with E-state index in [9.17, 15) is 4.79 Å². The second-order valence-corrected chi connectivity index (χ2v) is 4.82. The molecule has 104 valence electrons. The minimum absolute atomic E-state index is 0.114. The molecule has 0 aromatic heterocycles. The van der Waals surface area contributed by atoms with Crippen molar-refractivity contribution in [2.75, 3.05) is 10.8 Å². The third-order valence-corrected chi connectivity index (χ3v) is 3.44. The van der Waals surface area contributed by atoms with Gasteiger partial charge in [0, 0.05) is 0 Å². The minimum atomic E-state index is -0.351. The molecule has 0 spiro atoms. The maximum absolute atomic E-state index is 12.1. The summed E-state index contributed by atoms with van der Waals surface area (Å²) in [4.78, 5) is 13.7. The first-order valence-electron chi connectivity index (χ1n) is 6.06. The van der Waals surface area contributed by atoms with Crippen LogP contribution in [0.2, 0.25) is 0 Å². The number of rotatable bonds is 4. The number of oxime groups is 1. The summed E-state index contributed by atoms with van der Waals surface area (Å²) in [5, 5.41) is 12.1. The Labute approximate surface area is 118 Å². The van der Waals surface area contributed by atoms with Gasteiger partial charge in [0.05, 0.1) is 17.4 Å². The van der Waals surface area contributed by atoms with Crippen LogP contribution in [0.15, 0.2) is 23.4 Å². The van der Waals surface area contributed by atoms with Crippen molar-refractivity contribution in [3.8, 4) is 0 Å². The van der Waals surface area contributed by atoms with Gasteiger partial charge in [-0.1, -0.05) is 23.4 Å². The van der Waals surface area contributed by atoms with E-state index in [4.69, 9.17) is 16.8 Å². The van der Waals surface area contributed by atoms with E-state index < -0.39 is 0 Å². The molecule has 5 heteroatoms. The van der Waals surface area contributed by atoms with E-state index in [1.165, 1.54) is 0 Å². The summed E-state index contributed by atoms with van der Waals surface area (Å²) in [5.41, 5.74) is 3.25. The molecule has 0 heterocycles. The number of hydrogen-bond donors (Lipinski definition) is 1. The molecule has 0 bridgehead atoms. The molecule has 1 N–H and O–H groups in total. The van der Waals surface area contributed by atoms with Crippen LogP contribution in [0.3, 0.4) is 0 Å². The summed E-state index contributed by atoms with van der Waals surface area (Å²) in [6, 6.07) is 5.47. The van der Waals surface area contributed by atoms with Crippen molar-refractivity contribution >= 4 is 28.9 Å². The number of anilines is 1. The molecule has 1 rings (SSSR count). The average molecular weight is 283 g/mol. The molecule has 1 unspecified atom stereocenters. The van der Waals surface area contributed by atoms with E-state index in [1.807, 2.05) is 39.0 Å². The van der Waals surface area contributed by atoms with Crippen molar-refractivity contribution in [3.63, 3.8) is 0 Å². The predicted molar refractivity (Wildman–Crippen MR) is 78.5 cm³/mol. The normalized spacial score (nSPS) is 13.2. The van der Waals surface area contributed by atoms with Gasteiger partial charge in [0.15, 0.2) is 0 Å². The highest BCUT2D eigenvalue weighted by Gasteiger charge is 2.26. The average Bonchev–Trinajstić information content (AvgIpc) is 2.40. The van der Waals surface area contributed by atoms with Crippen LogP contribution in [0.25, 0.3) is 0 Å². The number of carbonyl (C=O) groups is 1. The summed E-state index contributed by atoms with van der Waals surface area (Å²) >= 11 is 5.70. The highest BCUT2D eigenvalue weighted by molar-refractivity contribution is 6.30. The molecule has 1 aromatic carbocycles. The van der Waals surface area contributed by atoms with Crippen LogP contribution >= 0.6 is 11.6 Å². The van der Waals surface area contributed by atoms with Gasteiger partial charge in [-0.3, -0.25) is 4.79 Å². The molecule has 0 aliphatic heterocycles. The van der Waals surface area contributed by atoms with Gasteiger partial charge in [-0.05, 0) is 38.8 Å². The molecule has 1 amide bonds. The van der Waals surface area contributed by atoms with E-state index in [-0.39, 0.29) is 17.8 Å². The van der Waals surface area contributed by atoms with E-state index in [0.717, 1.165) is 16.8 Å². The van der Waals surface area contributed by atoms with Gasteiger partial charge in [0.2, 0.25) is 5.91 Å². The lowest BCUT2D eigenvalue weighted by atomic mass is 10.0. The largest absolute Gasteiger partial charge is 0.411 e. The van der Waals surface area contributed by atoms with Crippen molar-refractivity contribution in [3.05, 3.63) is 29.3 Å². The zero-order chi connectivity index (χ0) is 14.6. The Bertz CT molecular complexity index is 480. The Morgan fingerprint density at radius 2 is 1.95 bits per heavy atom. The van der Waals surface area contributed by atoms with Crippen molar-refractivity contribution in [2.24, 2.45) is 5.16 Å². The zero-order valence-corrected chi connectivity index (χ0v) is 12.4. The van der Waals surface area contributed by atoms with Crippen molar-refractivity contribution in [2.45, 2.75) is 33.7 Å². The molecule has 4 nitrogen and oxygen atoms in total. The number of alkyl halides is 1. The molecule has 0 saturated carbocycles. The fourth-order valence-corrected chi connectivity index (χ4v) is 2.18. The number of benzene rings is 1. The van der Waals surface area contributed by atoms with E-state index >= 15 is 0 Å². The van der Waals surface area contributed by atoms with Crippen LogP contribution in [0, 0.1) is 13.8 Å². The molecule has 1 aromatic rings. The first-order chi connectivity index (χ1) is 8.93. The lowest BCUT2D eigenvalue weighted by molar-refractivity contribution is -0.116. The van der Waals surface area contributed by atoms with Gasteiger partial charge in [0.1, 0.15) is 5.88 Å². The second-order valence-electron chi connectivity index (χ2n) is 4.56. The second kappa shape index (κ2) is 6.57. The molecular weight excluding hydrogens is 264 g/mol. The topological polar surface area (TPSA) is 52.9 Å². The first kappa shape index (κ1) is 15.5. The Balaban J connectivity index is 3.37. The number of aryl methyl sites for hydroxylation is 2. The van der Waals surface area contributed by atoms with Crippen LogP contribution in [0.5, 0.6) is 0 Å². The third kappa shape index (κ3) is 3.26. The number of hydrogen-bond acceptors (Lipinski definition) is 3. The number of amides is 1. The molecule has 1 atom stereocenters. The molecular formula is C14H19ClN2O2. The van der Waals surface area contributed by atoms with E-state index in [0.29, 0.717) is 5.71 Å². The van der Waals surface area contributed by atoms with E-state index in [1.54, 1.807) is 11.8 Å². The summed E-state index contributed by atoms with van der Waals surface area (Å²) in [6.07, 6.45) is 0. The number of para-hydroxylation sites is 1. The zero-order valence-electron chi connectivity index (χ0n) is 11.6. The standard InChI is InChI=1S/C14H19ClN2O2/c1-9-6-5-7-10(2)14(9)17(13(18)8-15)12(4)11(3)16-19/h5-7,12,19H,8H2,1-4H3. The Morgan fingerprint density at radius 3 is 2.37 bits per heavy atom. The van der Waals surface area contributed by atoms with Crippen LogP contribution in [0.1, 0.15) is 25.0 Å². The lowest BCUT2D eigenvalue weighted by Gasteiger charge is -2.31. The summed E-state index contributed by atoms with van der Waals surface area (Å²) < 4.78 is 0. The van der Waals surface area contributed by atoms with E-state index in [2.05, 4.69) is 5.16 Å². The van der Waals surface area contributed by atoms with Crippen LogP contribution in [0.4, 0.5) is 5.69 Å². The van der Waals surface area contributed by atoms with Crippen LogP contribution in [-0.2, 0) is 4.79 Å². The number of halogens is 1. The fraction of sp³-hybridized carbons (Fsp3) is 0.429. The summed E-state index contributed by atoms with van der Waals surface area (Å²) in [7, 11) is 0. The van der Waals surface area contributed by atoms with Crippen LogP contribution < -0.4 is 4.90 Å². The molecule has 0 aliphatic rings. The Hall–Kier alpha value is -1.55. The fourth-order valence-electron chi connectivity index (χ4n) is 2.05. The first-order valence-corrected chi connectivity index (χ1v) is 6.60. The van der Waals surface area contributed by atoms with Gasteiger partial charge >= 0.3 is 0 Å². The quantitative estimate of drug-likeness (QED) is 0.399. The summed E-state index contributed by atoms with van der Waals surface area (Å²) in [6.45, 7) is 7.36. The molecule has 19 heavy (non-hydrogen) atoms. The maximum atomic E-state index is 12.1. The van der Waals surface area contributed by atoms with Gasteiger partial charge in [-0.2, -0.15) is 0 Å². The number of carbonyl (C=O) groups excluding carboxylic acids is 1. The molecule has 0 saturated heterocycles. The van der Waals surface area contributed by atoms with Gasteiger partial charge in [0.25, 0.3) is 0 Å². The third-order valence-electron chi connectivity index (χ3n) is 3.21. The minimum Gasteiger partial charge on any atom is -0.411 e. The highest BCUT2D eigenvalue weighted by Crippen LogP contribution is 2.27. The molecule has 0 radical (unpaired) electrons. The lowest BCUT2D eigenvalue weighted by Crippen LogP contribution is -2.44. The molecule has 0 fully saturated rings. The predicted octanol–water partition coefficient (Wildman–Crippen LogP) is 3.11. The van der Waals surface area contributed by atoms with Gasteiger partial charge in [-0.25, -0.2) is 0 Å². The van der Waals surface area contributed by atoms with Gasteiger partial charge < -0.3 is 10.1 Å². The molecule has 0 aliphatic carbocycles. The SMILES string of the molecule is CC(=NO)C(C)N(C(=O)CCl)c1c(C)cccc1C. The monoisotopic (exact) mass is 282 g/mol. The maximum Gasteiger partial charge on any atom is 0.242 e. The van der Waals surface area contributed by atoms with Gasteiger partial charge in [-0.15, -0.1) is 11.6 Å². The number of nitrogens with zero attached hydrogens (tertiary/aromatic N) is 2. The highest BCUT2D eigenvalue weighted by atomic mass is 35.5. The van der Waals surface area contributed by atoms with Crippen molar-refractivity contribution < 1.29 is 10.0 Å². The smallest absolute Gasteiger partial charge is 0.242 e. The Kier molecular flexibility index (Phi) is 5.36. The van der Waals surface area contributed by atoms with Crippen molar-refractivity contribution in [1.29, 1.82) is 0 Å².